The predicted molar refractivity (Wildman–Crippen MR) is 96.7 cm³/mol. The molecular formula is C15H20F3IN4O. The summed E-state index contributed by atoms with van der Waals surface area (Å²) in [7, 11) is 1.67. The van der Waals surface area contributed by atoms with Gasteiger partial charge in [0.2, 0.25) is 0 Å². The Labute approximate surface area is 155 Å². The van der Waals surface area contributed by atoms with Crippen molar-refractivity contribution in [1.82, 2.24) is 16.0 Å². The summed E-state index contributed by atoms with van der Waals surface area (Å²) in [6.45, 7) is 0.810. The van der Waals surface area contributed by atoms with E-state index in [1.54, 1.807) is 7.05 Å². The largest absolute Gasteiger partial charge is 0.416 e. The van der Waals surface area contributed by atoms with Gasteiger partial charge in [0.1, 0.15) is 0 Å². The zero-order chi connectivity index (χ0) is 16.9. The van der Waals surface area contributed by atoms with E-state index in [1.807, 2.05) is 0 Å². The molecule has 0 aromatic heterocycles. The fourth-order valence-electron chi connectivity index (χ4n) is 1.89. The first-order valence-electron chi connectivity index (χ1n) is 7.33. The molecule has 0 spiro atoms. The Balaban J connectivity index is 0.00000288. The van der Waals surface area contributed by atoms with Gasteiger partial charge >= 0.3 is 6.18 Å². The van der Waals surface area contributed by atoms with E-state index >= 15 is 0 Å². The number of benzene rings is 1. The summed E-state index contributed by atoms with van der Waals surface area (Å²) in [6, 6.07) is 4.60. The number of nitrogens with zero attached hydrogens (tertiary/aromatic N) is 1. The Kier molecular flexibility index (Phi) is 7.77. The average Bonchev–Trinajstić information content (AvgIpc) is 3.33. The van der Waals surface area contributed by atoms with Crippen molar-refractivity contribution in [3.8, 4) is 0 Å². The van der Waals surface area contributed by atoms with E-state index in [1.165, 1.54) is 12.1 Å². The van der Waals surface area contributed by atoms with Crippen LogP contribution in [0.3, 0.4) is 0 Å². The standard InChI is InChI=1S/C15H19F3N4O.HI/c1-19-14(22-12-6-7-12)21-9-8-20-13(23)10-2-4-11(5-3-10)15(16,17)18;/h2-5,12H,6-9H2,1H3,(H,20,23)(H2,19,21,22);1H. The van der Waals surface area contributed by atoms with Crippen LogP contribution in [0.4, 0.5) is 13.2 Å². The van der Waals surface area contributed by atoms with Crippen LogP contribution >= 0.6 is 24.0 Å². The molecule has 0 radical (unpaired) electrons. The Bertz CT molecular complexity index is 571. The molecule has 134 valence electrons. The molecule has 1 fully saturated rings. The third kappa shape index (κ3) is 6.54. The molecule has 1 aliphatic carbocycles. The molecule has 3 N–H and O–H groups in total. The van der Waals surface area contributed by atoms with Gasteiger partial charge in [-0.1, -0.05) is 0 Å². The van der Waals surface area contributed by atoms with E-state index in [9.17, 15) is 18.0 Å². The summed E-state index contributed by atoms with van der Waals surface area (Å²) < 4.78 is 37.3. The molecule has 1 aromatic carbocycles. The zero-order valence-corrected chi connectivity index (χ0v) is 15.4. The summed E-state index contributed by atoms with van der Waals surface area (Å²) in [4.78, 5) is 15.9. The first-order chi connectivity index (χ1) is 10.9. The monoisotopic (exact) mass is 456 g/mol. The Morgan fingerprint density at radius 2 is 1.75 bits per heavy atom. The first-order valence-corrected chi connectivity index (χ1v) is 7.33. The van der Waals surface area contributed by atoms with E-state index in [4.69, 9.17) is 0 Å². The number of hydrogen-bond acceptors (Lipinski definition) is 2. The number of alkyl halides is 3. The molecule has 1 saturated carbocycles. The van der Waals surface area contributed by atoms with Crippen molar-refractivity contribution in [2.24, 2.45) is 4.99 Å². The topological polar surface area (TPSA) is 65.5 Å². The third-order valence-corrected chi connectivity index (χ3v) is 3.32. The van der Waals surface area contributed by atoms with Crippen molar-refractivity contribution < 1.29 is 18.0 Å². The number of carbonyl (C=O) groups excluding carboxylic acids is 1. The van der Waals surface area contributed by atoms with Gasteiger partial charge in [0.05, 0.1) is 5.56 Å². The lowest BCUT2D eigenvalue weighted by Crippen LogP contribution is -2.42. The van der Waals surface area contributed by atoms with Gasteiger partial charge in [0.25, 0.3) is 5.91 Å². The maximum atomic E-state index is 12.4. The molecule has 0 unspecified atom stereocenters. The maximum Gasteiger partial charge on any atom is 0.416 e. The van der Waals surface area contributed by atoms with Crippen LogP contribution in [0.2, 0.25) is 0 Å². The smallest absolute Gasteiger partial charge is 0.355 e. The second-order valence-corrected chi connectivity index (χ2v) is 5.25. The lowest BCUT2D eigenvalue weighted by Gasteiger charge is -2.12. The van der Waals surface area contributed by atoms with Crippen LogP contribution in [0.15, 0.2) is 29.3 Å². The van der Waals surface area contributed by atoms with Crippen molar-refractivity contribution in [3.63, 3.8) is 0 Å². The molecular weight excluding hydrogens is 436 g/mol. The van der Waals surface area contributed by atoms with Gasteiger partial charge in [-0.25, -0.2) is 0 Å². The number of nitrogens with one attached hydrogen (secondary N) is 3. The van der Waals surface area contributed by atoms with E-state index < -0.39 is 17.6 Å². The summed E-state index contributed by atoms with van der Waals surface area (Å²) in [5, 5.41) is 8.89. The lowest BCUT2D eigenvalue weighted by molar-refractivity contribution is -0.137. The van der Waals surface area contributed by atoms with E-state index in [-0.39, 0.29) is 29.5 Å². The van der Waals surface area contributed by atoms with Crippen molar-refractivity contribution in [2.75, 3.05) is 20.1 Å². The SMILES string of the molecule is CN=C(NCCNC(=O)c1ccc(C(F)(F)F)cc1)NC1CC1.I. The molecule has 0 atom stereocenters. The van der Waals surface area contributed by atoms with Crippen molar-refractivity contribution in [2.45, 2.75) is 25.1 Å². The summed E-state index contributed by atoms with van der Waals surface area (Å²) in [5.41, 5.74) is -0.579. The van der Waals surface area contributed by atoms with Gasteiger partial charge in [-0.3, -0.25) is 9.79 Å². The number of amides is 1. The van der Waals surface area contributed by atoms with Gasteiger partial charge in [-0.2, -0.15) is 13.2 Å². The van der Waals surface area contributed by atoms with Crippen molar-refractivity contribution in [1.29, 1.82) is 0 Å². The predicted octanol–water partition coefficient (Wildman–Crippen LogP) is 2.38. The minimum absolute atomic E-state index is 0. The van der Waals surface area contributed by atoms with E-state index in [2.05, 4.69) is 20.9 Å². The second kappa shape index (κ2) is 9.09. The molecule has 1 aliphatic rings. The molecule has 2 rings (SSSR count). The number of aliphatic imine (C=N–C) groups is 1. The Hall–Kier alpha value is -1.52. The van der Waals surface area contributed by atoms with Crippen LogP contribution in [0.1, 0.15) is 28.8 Å². The normalized spacial score (nSPS) is 14.6. The molecule has 9 heteroatoms. The van der Waals surface area contributed by atoms with Crippen LogP contribution in [-0.2, 0) is 6.18 Å². The van der Waals surface area contributed by atoms with Gasteiger partial charge in [0, 0.05) is 31.7 Å². The van der Waals surface area contributed by atoms with Gasteiger partial charge in [-0.15, -0.1) is 24.0 Å². The minimum Gasteiger partial charge on any atom is -0.355 e. The second-order valence-electron chi connectivity index (χ2n) is 5.25. The number of halogens is 4. The zero-order valence-electron chi connectivity index (χ0n) is 13.1. The van der Waals surface area contributed by atoms with Crippen LogP contribution < -0.4 is 16.0 Å². The summed E-state index contributed by atoms with van der Waals surface area (Å²) >= 11 is 0. The fraction of sp³-hybridized carbons (Fsp3) is 0.467. The molecule has 0 aliphatic heterocycles. The molecule has 1 aromatic rings. The molecule has 0 bridgehead atoms. The van der Waals surface area contributed by atoms with Crippen molar-refractivity contribution in [3.05, 3.63) is 35.4 Å². The quantitative estimate of drug-likeness (QED) is 0.276. The van der Waals surface area contributed by atoms with Gasteiger partial charge < -0.3 is 16.0 Å². The highest BCUT2D eigenvalue weighted by Gasteiger charge is 2.30. The molecule has 24 heavy (non-hydrogen) atoms. The minimum atomic E-state index is -4.40. The highest BCUT2D eigenvalue weighted by atomic mass is 127. The highest BCUT2D eigenvalue weighted by molar-refractivity contribution is 14.0. The average molecular weight is 456 g/mol. The van der Waals surface area contributed by atoms with Crippen LogP contribution in [0, 0.1) is 0 Å². The van der Waals surface area contributed by atoms with Crippen LogP contribution in [0.5, 0.6) is 0 Å². The Morgan fingerprint density at radius 1 is 1.17 bits per heavy atom. The first kappa shape index (κ1) is 20.5. The maximum absolute atomic E-state index is 12.4. The van der Waals surface area contributed by atoms with Gasteiger partial charge in [-0.05, 0) is 37.1 Å². The lowest BCUT2D eigenvalue weighted by atomic mass is 10.1. The fourth-order valence-corrected chi connectivity index (χ4v) is 1.89. The van der Waals surface area contributed by atoms with Crippen molar-refractivity contribution >= 4 is 35.8 Å². The number of rotatable bonds is 5. The summed E-state index contributed by atoms with van der Waals surface area (Å²) in [5.74, 6) is 0.266. The summed E-state index contributed by atoms with van der Waals surface area (Å²) in [6.07, 6.45) is -2.14. The number of guanidine groups is 1. The molecule has 5 nitrogen and oxygen atoms in total. The molecule has 1 amide bonds. The third-order valence-electron chi connectivity index (χ3n) is 3.32. The van der Waals surface area contributed by atoms with E-state index in [0.29, 0.717) is 25.1 Å². The number of hydrogen-bond donors (Lipinski definition) is 3. The highest BCUT2D eigenvalue weighted by Crippen LogP contribution is 2.29. The molecule has 0 saturated heterocycles. The van der Waals surface area contributed by atoms with E-state index in [0.717, 1.165) is 25.0 Å². The Morgan fingerprint density at radius 3 is 2.25 bits per heavy atom. The number of carbonyl (C=O) groups is 1. The van der Waals surface area contributed by atoms with Gasteiger partial charge in [0.15, 0.2) is 5.96 Å². The van der Waals surface area contributed by atoms with Crippen LogP contribution in [0.25, 0.3) is 0 Å². The van der Waals surface area contributed by atoms with Crippen LogP contribution in [-0.4, -0.2) is 38.0 Å². The molecule has 0 heterocycles.